The largest absolute Gasteiger partial charge is 0.445 e. The summed E-state index contributed by atoms with van der Waals surface area (Å²) < 4.78 is 7.20. The number of likely N-dealkylation sites (N-methyl/N-ethyl adjacent to an activating group) is 1. The van der Waals surface area contributed by atoms with Crippen LogP contribution in [0.4, 0.5) is 10.5 Å². The van der Waals surface area contributed by atoms with Crippen LogP contribution < -0.4 is 0 Å². The average Bonchev–Trinajstić information content (AvgIpc) is 3.34. The zero-order valence-corrected chi connectivity index (χ0v) is 19.0. The molecule has 0 radical (unpaired) electrons. The van der Waals surface area contributed by atoms with Gasteiger partial charge < -0.3 is 14.5 Å². The fourth-order valence-electron chi connectivity index (χ4n) is 3.12. The van der Waals surface area contributed by atoms with E-state index in [0.29, 0.717) is 29.6 Å². The number of nitro benzene ring substituents is 1. The third kappa shape index (κ3) is 6.55. The summed E-state index contributed by atoms with van der Waals surface area (Å²) in [4.78, 5) is 26.7. The molecule has 11 nitrogen and oxygen atoms in total. The standard InChI is InChI=1S/C18H25N7O4S2/c1-22(2)7-8-24-17(19-20-21-24)31-12-15-9-16(30)10-23(15)18(26)29-11-13-3-5-14(6-4-13)25(27)28/h3-6,15-16,30H,7-12H2,1-2H3/t15-,16-/m0/s1. The Morgan fingerprint density at radius 2 is 2.13 bits per heavy atom. The number of thioether (sulfide) groups is 1. The molecule has 2 heterocycles. The number of benzene rings is 1. The van der Waals surface area contributed by atoms with Gasteiger partial charge in [-0.2, -0.15) is 12.6 Å². The second kappa shape index (κ2) is 10.8. The van der Waals surface area contributed by atoms with Crippen molar-refractivity contribution in [1.82, 2.24) is 30.0 Å². The van der Waals surface area contributed by atoms with Crippen molar-refractivity contribution in [2.45, 2.75) is 36.0 Å². The number of hydrogen-bond acceptors (Lipinski definition) is 10. The monoisotopic (exact) mass is 467 g/mol. The molecule has 1 saturated heterocycles. The van der Waals surface area contributed by atoms with Gasteiger partial charge in [-0.3, -0.25) is 10.1 Å². The summed E-state index contributed by atoms with van der Waals surface area (Å²) >= 11 is 6.05. The van der Waals surface area contributed by atoms with Crippen LogP contribution in [0.15, 0.2) is 29.4 Å². The molecule has 2 aromatic rings. The summed E-state index contributed by atoms with van der Waals surface area (Å²) in [5.74, 6) is 0.631. The quantitative estimate of drug-likeness (QED) is 0.255. The number of aromatic nitrogens is 4. The number of carbonyl (C=O) groups is 1. The summed E-state index contributed by atoms with van der Waals surface area (Å²) in [5, 5.41) is 23.4. The lowest BCUT2D eigenvalue weighted by Gasteiger charge is -2.23. The van der Waals surface area contributed by atoms with Gasteiger partial charge in [-0.15, -0.1) is 5.10 Å². The molecule has 1 amide bonds. The first-order valence-electron chi connectivity index (χ1n) is 9.72. The van der Waals surface area contributed by atoms with E-state index in [9.17, 15) is 14.9 Å². The molecule has 2 atom stereocenters. The predicted octanol–water partition coefficient (Wildman–Crippen LogP) is 1.94. The van der Waals surface area contributed by atoms with Gasteiger partial charge in [0.1, 0.15) is 6.61 Å². The van der Waals surface area contributed by atoms with Gasteiger partial charge in [0.05, 0.1) is 11.5 Å². The van der Waals surface area contributed by atoms with Crippen molar-refractivity contribution in [2.24, 2.45) is 0 Å². The Morgan fingerprint density at radius 1 is 1.39 bits per heavy atom. The van der Waals surface area contributed by atoms with Gasteiger partial charge in [0.2, 0.25) is 5.16 Å². The molecule has 0 bridgehead atoms. The molecular weight excluding hydrogens is 442 g/mol. The summed E-state index contributed by atoms with van der Waals surface area (Å²) in [6.45, 7) is 2.05. The van der Waals surface area contributed by atoms with Crippen LogP contribution in [0.1, 0.15) is 12.0 Å². The SMILES string of the molecule is CN(C)CCn1nnnc1SC[C@@H]1C[C@H](S)CN1C(=O)OCc1ccc([N+](=O)[O-])cc1. The van der Waals surface area contributed by atoms with Gasteiger partial charge in [0.25, 0.3) is 5.69 Å². The van der Waals surface area contributed by atoms with Crippen molar-refractivity contribution in [3.05, 3.63) is 39.9 Å². The van der Waals surface area contributed by atoms with Gasteiger partial charge in [-0.1, -0.05) is 11.8 Å². The van der Waals surface area contributed by atoms with E-state index in [1.165, 1.54) is 23.9 Å². The van der Waals surface area contributed by atoms with Crippen molar-refractivity contribution in [3.63, 3.8) is 0 Å². The van der Waals surface area contributed by atoms with Crippen LogP contribution in [0, 0.1) is 10.1 Å². The van der Waals surface area contributed by atoms with Crippen molar-refractivity contribution < 1.29 is 14.5 Å². The van der Waals surface area contributed by atoms with Crippen LogP contribution in [0.3, 0.4) is 0 Å². The molecule has 168 valence electrons. The van der Waals surface area contributed by atoms with Crippen LogP contribution in [0.25, 0.3) is 0 Å². The Bertz CT molecular complexity index is 893. The highest BCUT2D eigenvalue weighted by Crippen LogP contribution is 2.28. The average molecular weight is 468 g/mol. The van der Waals surface area contributed by atoms with E-state index in [0.717, 1.165) is 13.0 Å². The van der Waals surface area contributed by atoms with Crippen molar-refractivity contribution in [3.8, 4) is 0 Å². The highest BCUT2D eigenvalue weighted by molar-refractivity contribution is 7.99. The van der Waals surface area contributed by atoms with E-state index in [2.05, 4.69) is 33.1 Å². The fraction of sp³-hybridized carbons (Fsp3) is 0.556. The number of likely N-dealkylation sites (tertiary alicyclic amines) is 1. The maximum Gasteiger partial charge on any atom is 0.410 e. The predicted molar refractivity (Wildman–Crippen MR) is 118 cm³/mol. The Labute approximate surface area is 189 Å². The highest BCUT2D eigenvalue weighted by Gasteiger charge is 2.35. The first kappa shape index (κ1) is 23.3. The Hall–Kier alpha value is -2.38. The summed E-state index contributed by atoms with van der Waals surface area (Å²) in [6, 6.07) is 5.90. The second-order valence-electron chi connectivity index (χ2n) is 7.47. The number of carbonyl (C=O) groups excluding carboxylic acids is 1. The molecule has 0 aliphatic carbocycles. The number of non-ortho nitro benzene ring substituents is 1. The van der Waals surface area contributed by atoms with Crippen LogP contribution in [-0.4, -0.2) is 85.3 Å². The van der Waals surface area contributed by atoms with Crippen LogP contribution >= 0.6 is 24.4 Å². The summed E-state index contributed by atoms with van der Waals surface area (Å²) in [5.41, 5.74) is 0.684. The number of thiol groups is 1. The van der Waals surface area contributed by atoms with E-state index < -0.39 is 11.0 Å². The number of ether oxygens (including phenoxy) is 1. The lowest BCUT2D eigenvalue weighted by molar-refractivity contribution is -0.384. The first-order chi connectivity index (χ1) is 14.8. The molecule has 0 N–H and O–H groups in total. The lowest BCUT2D eigenvalue weighted by atomic mass is 10.2. The number of nitro groups is 1. The van der Waals surface area contributed by atoms with Gasteiger partial charge in [-0.05, 0) is 48.6 Å². The van der Waals surface area contributed by atoms with Gasteiger partial charge in [-0.25, -0.2) is 9.48 Å². The molecule has 1 aliphatic heterocycles. The number of hydrogen-bond donors (Lipinski definition) is 1. The minimum atomic E-state index is -0.466. The molecule has 0 unspecified atom stereocenters. The molecule has 31 heavy (non-hydrogen) atoms. The molecule has 0 spiro atoms. The molecule has 1 aliphatic rings. The van der Waals surface area contributed by atoms with E-state index >= 15 is 0 Å². The third-order valence-electron chi connectivity index (χ3n) is 4.80. The van der Waals surface area contributed by atoms with Crippen molar-refractivity contribution in [1.29, 1.82) is 0 Å². The van der Waals surface area contributed by atoms with E-state index in [-0.39, 0.29) is 23.6 Å². The van der Waals surface area contributed by atoms with Crippen molar-refractivity contribution >= 4 is 36.2 Å². The highest BCUT2D eigenvalue weighted by atomic mass is 32.2. The number of tetrazole rings is 1. The van der Waals surface area contributed by atoms with Gasteiger partial charge in [0, 0.05) is 42.3 Å². The topological polar surface area (TPSA) is 120 Å². The smallest absolute Gasteiger partial charge is 0.410 e. The maximum absolute atomic E-state index is 12.7. The van der Waals surface area contributed by atoms with E-state index in [4.69, 9.17) is 4.74 Å². The molecule has 1 aromatic carbocycles. The molecule has 1 aromatic heterocycles. The second-order valence-corrected chi connectivity index (χ2v) is 9.19. The Kier molecular flexibility index (Phi) is 8.09. The molecule has 0 saturated carbocycles. The van der Waals surface area contributed by atoms with Crippen molar-refractivity contribution in [2.75, 3.05) is 32.9 Å². The molecular formula is C18H25N7O4S2. The van der Waals surface area contributed by atoms with Crippen LogP contribution in [0.5, 0.6) is 0 Å². The maximum atomic E-state index is 12.7. The first-order valence-corrected chi connectivity index (χ1v) is 11.2. The summed E-state index contributed by atoms with van der Waals surface area (Å²) in [6.07, 6.45) is 0.329. The number of rotatable bonds is 9. The number of amides is 1. The minimum Gasteiger partial charge on any atom is -0.445 e. The van der Waals surface area contributed by atoms with Crippen LogP contribution in [-0.2, 0) is 17.9 Å². The van der Waals surface area contributed by atoms with E-state index in [1.54, 1.807) is 21.7 Å². The molecule has 13 heteroatoms. The lowest BCUT2D eigenvalue weighted by Crippen LogP contribution is -2.37. The molecule has 1 fully saturated rings. The fourth-order valence-corrected chi connectivity index (χ4v) is 4.57. The minimum absolute atomic E-state index is 0.00227. The van der Waals surface area contributed by atoms with Crippen LogP contribution in [0.2, 0.25) is 0 Å². The summed E-state index contributed by atoms with van der Waals surface area (Å²) in [7, 11) is 3.98. The zero-order valence-electron chi connectivity index (χ0n) is 17.3. The Morgan fingerprint density at radius 3 is 2.81 bits per heavy atom. The normalized spacial score (nSPS) is 18.5. The van der Waals surface area contributed by atoms with Gasteiger partial charge >= 0.3 is 6.09 Å². The Balaban J connectivity index is 1.54. The third-order valence-corrected chi connectivity index (χ3v) is 6.28. The zero-order chi connectivity index (χ0) is 22.4. The van der Waals surface area contributed by atoms with E-state index in [1.807, 2.05) is 14.1 Å². The number of nitrogens with zero attached hydrogens (tertiary/aromatic N) is 7. The van der Waals surface area contributed by atoms with Gasteiger partial charge in [0.15, 0.2) is 0 Å². The molecule has 3 rings (SSSR count).